The van der Waals surface area contributed by atoms with Crippen LogP contribution in [-0.4, -0.2) is 22.9 Å². The minimum atomic E-state index is -0.255. The molecule has 0 atom stereocenters. The van der Waals surface area contributed by atoms with Gasteiger partial charge in [-0.15, -0.1) is 0 Å². The van der Waals surface area contributed by atoms with Crippen LogP contribution in [0.2, 0.25) is 0 Å². The number of hydrogen-bond acceptors (Lipinski definition) is 3. The van der Waals surface area contributed by atoms with Crippen molar-refractivity contribution < 1.29 is 9.59 Å². The largest absolute Gasteiger partial charge is 0.270 e. The van der Waals surface area contributed by atoms with E-state index in [0.29, 0.717) is 11.1 Å². The van der Waals surface area contributed by atoms with Gasteiger partial charge in [-0.1, -0.05) is 115 Å². The van der Waals surface area contributed by atoms with Gasteiger partial charge in [-0.25, -0.2) is 0 Å². The van der Waals surface area contributed by atoms with Crippen LogP contribution < -0.4 is 0 Å². The number of nitrogens with zero attached hydrogens (tertiary/aromatic N) is 2. The van der Waals surface area contributed by atoms with E-state index in [1.807, 2.05) is 85.1 Å². The number of imide groups is 1. The Morgan fingerprint density at radius 2 is 1.07 bits per heavy atom. The molecule has 2 amide bonds. The molecule has 0 fully saturated rings. The van der Waals surface area contributed by atoms with Crippen molar-refractivity contribution in [3.05, 3.63) is 162 Å². The summed E-state index contributed by atoms with van der Waals surface area (Å²) in [5.74, 6) is -0.509. The van der Waals surface area contributed by atoms with Gasteiger partial charge in [-0.05, 0) is 84.2 Å². The van der Waals surface area contributed by atoms with Crippen LogP contribution in [0.15, 0.2) is 145 Å². The lowest BCUT2D eigenvalue weighted by Gasteiger charge is -2.28. The summed E-state index contributed by atoms with van der Waals surface area (Å²) in [4.78, 5) is 33.8. The monoisotopic (exact) mass is 590 g/mol. The van der Waals surface area contributed by atoms with Crippen LogP contribution in [-0.2, 0) is 6.54 Å². The minimum Gasteiger partial charge on any atom is -0.270 e. The zero-order chi connectivity index (χ0) is 30.8. The molecule has 4 nitrogen and oxygen atoms in total. The highest BCUT2D eigenvalue weighted by Gasteiger charge is 2.34. The second-order valence-corrected chi connectivity index (χ2v) is 11.9. The number of amides is 2. The van der Waals surface area contributed by atoms with Crippen LogP contribution in [0, 0.1) is 0 Å². The summed E-state index contributed by atoms with van der Waals surface area (Å²) in [5, 5.41) is 8.57. The zero-order valence-electron chi connectivity index (χ0n) is 24.8. The van der Waals surface area contributed by atoms with E-state index < -0.39 is 0 Å². The molecule has 0 N–H and O–H groups in total. The quantitative estimate of drug-likeness (QED) is 0.0867. The van der Waals surface area contributed by atoms with Gasteiger partial charge in [0.05, 0.1) is 12.2 Å². The number of carbonyl (C=O) groups excluding carboxylic acids is 2. The van der Waals surface area contributed by atoms with Crippen LogP contribution in [0.1, 0.15) is 31.8 Å². The fourth-order valence-electron chi connectivity index (χ4n) is 7.03. The van der Waals surface area contributed by atoms with Gasteiger partial charge in [0, 0.05) is 22.7 Å². The smallest absolute Gasteiger partial charge is 0.261 e. The maximum Gasteiger partial charge on any atom is 0.261 e. The Morgan fingerprint density at radius 1 is 0.500 bits per heavy atom. The summed E-state index contributed by atoms with van der Waals surface area (Å²) in [6, 6.07) is 46.8. The molecule has 0 saturated heterocycles. The molecule has 0 unspecified atom stereocenters. The topological polar surface area (TPSA) is 49.7 Å². The molecule has 46 heavy (non-hydrogen) atoms. The second-order valence-electron chi connectivity index (χ2n) is 11.9. The van der Waals surface area contributed by atoms with Crippen LogP contribution in [0.5, 0.6) is 0 Å². The van der Waals surface area contributed by atoms with Gasteiger partial charge in [0.1, 0.15) is 0 Å². The summed E-state index contributed by atoms with van der Waals surface area (Å²) >= 11 is 0. The molecule has 0 aliphatic carbocycles. The molecular weight excluding hydrogens is 564 g/mol. The average Bonchev–Trinajstić information content (AvgIpc) is 3.11. The van der Waals surface area contributed by atoms with Crippen molar-refractivity contribution in [2.75, 3.05) is 0 Å². The van der Waals surface area contributed by atoms with Gasteiger partial charge >= 0.3 is 0 Å². The first kappa shape index (κ1) is 26.3. The third-order valence-corrected chi connectivity index (χ3v) is 9.25. The molecule has 8 aromatic carbocycles. The molecule has 1 aliphatic rings. The van der Waals surface area contributed by atoms with Crippen molar-refractivity contribution in [2.45, 2.75) is 6.54 Å². The second kappa shape index (κ2) is 10.2. The molecule has 0 radical (unpaired) electrons. The van der Waals surface area contributed by atoms with E-state index in [1.165, 1.54) is 15.7 Å². The Kier molecular flexibility index (Phi) is 5.84. The predicted octanol–water partition coefficient (Wildman–Crippen LogP) is 9.95. The molecule has 0 aromatic heterocycles. The summed E-state index contributed by atoms with van der Waals surface area (Å²) in [7, 11) is 0. The first-order chi connectivity index (χ1) is 22.6. The van der Waals surface area contributed by atoms with E-state index >= 15 is 0 Å². The van der Waals surface area contributed by atoms with Crippen molar-refractivity contribution in [3.63, 3.8) is 0 Å². The maximum atomic E-state index is 13.9. The first-order valence-corrected chi connectivity index (χ1v) is 15.4. The molecule has 9 rings (SSSR count). The number of para-hydroxylation sites is 1. The molecule has 1 aliphatic heterocycles. The first-order valence-electron chi connectivity index (χ1n) is 15.4. The molecule has 0 bridgehead atoms. The standard InChI is InChI=1S/C42H26N2O2/c45-41-36-22-20-34-32-10-4-6-30-7-5-11-33(38(30)32)35-21-23-37(40(36)39(34)35)42(46)44(41)25-27-14-18-29(19-15-27)28-16-12-26(13-17-28)24-43-31-8-2-1-3-9-31/h1-24H,25H2. The summed E-state index contributed by atoms with van der Waals surface area (Å²) in [5.41, 5.74) is 6.13. The van der Waals surface area contributed by atoms with Crippen LogP contribution in [0.4, 0.5) is 5.69 Å². The van der Waals surface area contributed by atoms with Crippen molar-refractivity contribution in [1.82, 2.24) is 4.90 Å². The Hall–Kier alpha value is -6.13. The normalized spacial score (nSPS) is 13.3. The molecule has 1 heterocycles. The number of hydrogen-bond donors (Lipinski definition) is 0. The number of benzene rings is 8. The Balaban J connectivity index is 1.02. The predicted molar refractivity (Wildman–Crippen MR) is 187 cm³/mol. The molecule has 0 saturated carbocycles. The third kappa shape index (κ3) is 4.04. The van der Waals surface area contributed by atoms with Crippen molar-refractivity contribution >= 4 is 66.8 Å². The lowest BCUT2D eigenvalue weighted by Crippen LogP contribution is -2.39. The average molecular weight is 591 g/mol. The van der Waals surface area contributed by atoms with E-state index in [2.05, 4.69) is 65.7 Å². The number of carbonyl (C=O) groups is 2. The number of rotatable bonds is 5. The highest BCUT2D eigenvalue weighted by atomic mass is 16.2. The van der Waals surface area contributed by atoms with E-state index in [0.717, 1.165) is 60.3 Å². The fourth-order valence-corrected chi connectivity index (χ4v) is 7.03. The van der Waals surface area contributed by atoms with Crippen LogP contribution in [0.3, 0.4) is 0 Å². The van der Waals surface area contributed by atoms with Gasteiger partial charge in [0.25, 0.3) is 11.8 Å². The Morgan fingerprint density at radius 3 is 1.67 bits per heavy atom. The number of aliphatic imine (C=N–C) groups is 1. The number of fused-ring (bicyclic) bond motifs is 2. The molecule has 216 valence electrons. The summed E-state index contributed by atoms with van der Waals surface area (Å²) in [6.45, 7) is 0.208. The Bertz CT molecular complexity index is 2410. The molecular formula is C42H26N2O2. The zero-order valence-corrected chi connectivity index (χ0v) is 24.8. The highest BCUT2D eigenvalue weighted by Crippen LogP contribution is 2.43. The SMILES string of the molecule is O=C1c2ccc3c4cccc5cccc(c6ccc(c2c36)C(=O)N1Cc1ccc(-c2ccc(C=Nc3ccccc3)cc2)cc1)c54. The van der Waals surface area contributed by atoms with Gasteiger partial charge in [-0.2, -0.15) is 0 Å². The molecule has 0 spiro atoms. The summed E-state index contributed by atoms with van der Waals surface area (Å²) in [6.07, 6.45) is 1.86. The lowest BCUT2D eigenvalue weighted by molar-refractivity contribution is 0.0598. The Labute approximate surface area is 265 Å². The van der Waals surface area contributed by atoms with E-state index in [4.69, 9.17) is 0 Å². The highest BCUT2D eigenvalue weighted by molar-refractivity contribution is 6.38. The minimum absolute atomic E-state index is 0.208. The van der Waals surface area contributed by atoms with Crippen LogP contribution in [0.25, 0.3) is 54.2 Å². The van der Waals surface area contributed by atoms with Gasteiger partial charge < -0.3 is 0 Å². The van der Waals surface area contributed by atoms with Gasteiger partial charge in [0.2, 0.25) is 0 Å². The van der Waals surface area contributed by atoms with Crippen LogP contribution >= 0.6 is 0 Å². The van der Waals surface area contributed by atoms with E-state index in [1.54, 1.807) is 0 Å². The van der Waals surface area contributed by atoms with Gasteiger partial charge in [-0.3, -0.25) is 19.5 Å². The third-order valence-electron chi connectivity index (χ3n) is 9.25. The maximum absolute atomic E-state index is 13.9. The lowest BCUT2D eigenvalue weighted by atomic mass is 9.85. The van der Waals surface area contributed by atoms with Crippen molar-refractivity contribution in [1.29, 1.82) is 0 Å². The van der Waals surface area contributed by atoms with E-state index in [9.17, 15) is 9.59 Å². The summed E-state index contributed by atoms with van der Waals surface area (Å²) < 4.78 is 0. The van der Waals surface area contributed by atoms with Crippen molar-refractivity contribution in [2.24, 2.45) is 4.99 Å². The molecule has 8 aromatic rings. The van der Waals surface area contributed by atoms with Crippen molar-refractivity contribution in [3.8, 4) is 11.1 Å². The van der Waals surface area contributed by atoms with E-state index in [-0.39, 0.29) is 18.4 Å². The fraction of sp³-hybridized carbons (Fsp3) is 0.0238. The molecule has 4 heteroatoms. The van der Waals surface area contributed by atoms with Gasteiger partial charge in [0.15, 0.2) is 0 Å².